The van der Waals surface area contributed by atoms with Crippen molar-refractivity contribution >= 4 is 11.0 Å². The van der Waals surface area contributed by atoms with E-state index in [-0.39, 0.29) is 5.41 Å². The summed E-state index contributed by atoms with van der Waals surface area (Å²) in [4.78, 5) is 0. The maximum atomic E-state index is 9.30. The molecule has 0 spiro atoms. The Morgan fingerprint density at radius 1 is 1.27 bits per heavy atom. The fourth-order valence-electron chi connectivity index (χ4n) is 2.14. The summed E-state index contributed by atoms with van der Waals surface area (Å²) in [6.07, 6.45) is 5.06. The van der Waals surface area contributed by atoms with E-state index in [1.807, 2.05) is 24.5 Å². The largest absolute Gasteiger partial charge is 0.464 e. The fourth-order valence-corrected chi connectivity index (χ4v) is 2.14. The average Bonchev–Trinajstić information content (AvgIpc) is 2.95. The molecular weight excluding hydrogens is 188 g/mol. The summed E-state index contributed by atoms with van der Waals surface area (Å²) in [5, 5.41) is 10.5. The highest BCUT2D eigenvalue weighted by Gasteiger charge is 2.42. The molecule has 0 bridgehead atoms. The van der Waals surface area contributed by atoms with E-state index in [2.05, 4.69) is 6.07 Å². The molecule has 1 N–H and O–H groups in total. The van der Waals surface area contributed by atoms with Gasteiger partial charge < -0.3 is 9.52 Å². The third-order valence-corrected chi connectivity index (χ3v) is 3.42. The third-order valence-electron chi connectivity index (χ3n) is 3.42. The smallest absolute Gasteiger partial charge is 0.134 e. The Bertz CT molecular complexity index is 480. The number of benzene rings is 1. The molecule has 1 aromatic carbocycles. The van der Waals surface area contributed by atoms with Crippen molar-refractivity contribution in [3.8, 4) is 0 Å². The first-order valence-corrected chi connectivity index (χ1v) is 5.39. The lowest BCUT2D eigenvalue weighted by Gasteiger charge is -2.09. The summed E-state index contributed by atoms with van der Waals surface area (Å²) >= 11 is 0. The van der Waals surface area contributed by atoms with Crippen LogP contribution in [0.3, 0.4) is 0 Å². The molecule has 15 heavy (non-hydrogen) atoms. The molecule has 3 rings (SSSR count). The standard InChI is InChI=1S/C13H14O2/c14-9-13(5-6-13)7-10-8-15-12-4-2-1-3-11(10)12/h1-4,8,14H,5-7,9H2. The number of furan rings is 1. The van der Waals surface area contributed by atoms with E-state index in [0.29, 0.717) is 6.61 Å². The highest BCUT2D eigenvalue weighted by molar-refractivity contribution is 5.80. The highest BCUT2D eigenvalue weighted by Crippen LogP contribution is 2.48. The fraction of sp³-hybridized carbons (Fsp3) is 0.385. The Morgan fingerprint density at radius 3 is 2.80 bits per heavy atom. The normalized spacial score (nSPS) is 18.2. The van der Waals surface area contributed by atoms with E-state index in [1.165, 1.54) is 10.9 Å². The summed E-state index contributed by atoms with van der Waals surface area (Å²) in [5.41, 5.74) is 2.34. The number of hydrogen-bond donors (Lipinski definition) is 1. The van der Waals surface area contributed by atoms with Gasteiger partial charge in [0.25, 0.3) is 0 Å². The number of fused-ring (bicyclic) bond motifs is 1. The van der Waals surface area contributed by atoms with Crippen LogP contribution in [0, 0.1) is 5.41 Å². The molecule has 0 atom stereocenters. The molecule has 1 fully saturated rings. The van der Waals surface area contributed by atoms with Gasteiger partial charge in [0.15, 0.2) is 0 Å². The molecule has 0 radical (unpaired) electrons. The molecule has 0 unspecified atom stereocenters. The Balaban J connectivity index is 1.98. The Kier molecular flexibility index (Phi) is 1.86. The number of para-hydroxylation sites is 1. The lowest BCUT2D eigenvalue weighted by Crippen LogP contribution is -2.09. The second-order valence-corrected chi connectivity index (χ2v) is 4.59. The van der Waals surface area contributed by atoms with Gasteiger partial charge in [-0.3, -0.25) is 0 Å². The topological polar surface area (TPSA) is 33.4 Å². The van der Waals surface area contributed by atoms with Crippen molar-refractivity contribution in [3.63, 3.8) is 0 Å². The van der Waals surface area contributed by atoms with Crippen LogP contribution in [0.2, 0.25) is 0 Å². The zero-order valence-electron chi connectivity index (χ0n) is 8.57. The van der Waals surface area contributed by atoms with Gasteiger partial charge >= 0.3 is 0 Å². The lowest BCUT2D eigenvalue weighted by molar-refractivity contribution is 0.211. The average molecular weight is 202 g/mol. The Hall–Kier alpha value is -1.28. The minimum atomic E-state index is 0.159. The van der Waals surface area contributed by atoms with E-state index >= 15 is 0 Å². The van der Waals surface area contributed by atoms with Gasteiger partial charge in [-0.15, -0.1) is 0 Å². The van der Waals surface area contributed by atoms with Gasteiger partial charge in [0.2, 0.25) is 0 Å². The van der Waals surface area contributed by atoms with Crippen molar-refractivity contribution in [1.29, 1.82) is 0 Å². The number of hydrogen-bond acceptors (Lipinski definition) is 2. The van der Waals surface area contributed by atoms with Crippen LogP contribution in [0.25, 0.3) is 11.0 Å². The molecule has 78 valence electrons. The van der Waals surface area contributed by atoms with E-state index in [4.69, 9.17) is 4.42 Å². The van der Waals surface area contributed by atoms with Crippen molar-refractivity contribution in [2.24, 2.45) is 5.41 Å². The SMILES string of the molecule is OCC1(Cc2coc3ccccc23)CC1. The molecule has 1 aliphatic carbocycles. The van der Waals surface area contributed by atoms with E-state index in [9.17, 15) is 5.11 Å². The predicted octanol–water partition coefficient (Wildman–Crippen LogP) is 2.75. The first kappa shape index (κ1) is 8.98. The second-order valence-electron chi connectivity index (χ2n) is 4.59. The van der Waals surface area contributed by atoms with Gasteiger partial charge in [0.05, 0.1) is 6.26 Å². The summed E-state index contributed by atoms with van der Waals surface area (Å²) in [7, 11) is 0. The Morgan fingerprint density at radius 2 is 2.07 bits per heavy atom. The number of rotatable bonds is 3. The molecule has 1 saturated carbocycles. The van der Waals surface area contributed by atoms with Crippen molar-refractivity contribution in [2.45, 2.75) is 19.3 Å². The molecular formula is C13H14O2. The van der Waals surface area contributed by atoms with Crippen LogP contribution in [-0.2, 0) is 6.42 Å². The second kappa shape index (κ2) is 3.11. The van der Waals surface area contributed by atoms with Crippen molar-refractivity contribution in [1.82, 2.24) is 0 Å². The maximum Gasteiger partial charge on any atom is 0.134 e. The summed E-state index contributed by atoms with van der Waals surface area (Å²) in [5.74, 6) is 0. The molecule has 2 aromatic rings. The van der Waals surface area contributed by atoms with Gasteiger partial charge in [-0.2, -0.15) is 0 Å². The number of aliphatic hydroxyl groups excluding tert-OH is 1. The summed E-state index contributed by atoms with van der Waals surface area (Å²) in [6, 6.07) is 8.08. The summed E-state index contributed by atoms with van der Waals surface area (Å²) in [6.45, 7) is 0.298. The van der Waals surface area contributed by atoms with Crippen LogP contribution in [0.1, 0.15) is 18.4 Å². The molecule has 0 amide bonds. The quantitative estimate of drug-likeness (QED) is 0.830. The first-order valence-electron chi connectivity index (χ1n) is 5.39. The van der Waals surface area contributed by atoms with Gasteiger partial charge in [-0.1, -0.05) is 18.2 Å². The molecule has 1 aliphatic rings. The highest BCUT2D eigenvalue weighted by atomic mass is 16.3. The van der Waals surface area contributed by atoms with Gasteiger partial charge in [0, 0.05) is 12.0 Å². The number of aliphatic hydroxyl groups is 1. The van der Waals surface area contributed by atoms with Crippen molar-refractivity contribution < 1.29 is 9.52 Å². The van der Waals surface area contributed by atoms with Gasteiger partial charge in [-0.25, -0.2) is 0 Å². The minimum Gasteiger partial charge on any atom is -0.464 e. The first-order chi connectivity index (χ1) is 7.33. The molecule has 0 aliphatic heterocycles. The van der Waals surface area contributed by atoms with Gasteiger partial charge in [-0.05, 0) is 36.3 Å². The summed E-state index contributed by atoms with van der Waals surface area (Å²) < 4.78 is 5.49. The van der Waals surface area contributed by atoms with Crippen LogP contribution >= 0.6 is 0 Å². The van der Waals surface area contributed by atoms with Gasteiger partial charge in [0.1, 0.15) is 5.58 Å². The lowest BCUT2D eigenvalue weighted by atomic mass is 9.97. The van der Waals surface area contributed by atoms with Crippen LogP contribution in [0.4, 0.5) is 0 Å². The molecule has 1 aromatic heterocycles. The minimum absolute atomic E-state index is 0.159. The van der Waals surface area contributed by atoms with E-state index in [0.717, 1.165) is 24.8 Å². The molecule has 0 saturated heterocycles. The van der Waals surface area contributed by atoms with Crippen LogP contribution in [0.15, 0.2) is 34.9 Å². The van der Waals surface area contributed by atoms with Crippen molar-refractivity contribution in [2.75, 3.05) is 6.61 Å². The van der Waals surface area contributed by atoms with Crippen LogP contribution in [-0.4, -0.2) is 11.7 Å². The Labute approximate surface area is 88.5 Å². The van der Waals surface area contributed by atoms with E-state index < -0.39 is 0 Å². The van der Waals surface area contributed by atoms with Crippen LogP contribution in [0.5, 0.6) is 0 Å². The zero-order valence-corrected chi connectivity index (χ0v) is 8.57. The molecule has 2 nitrogen and oxygen atoms in total. The van der Waals surface area contributed by atoms with Crippen molar-refractivity contribution in [3.05, 3.63) is 36.1 Å². The third kappa shape index (κ3) is 1.45. The molecule has 1 heterocycles. The van der Waals surface area contributed by atoms with Crippen LogP contribution < -0.4 is 0 Å². The monoisotopic (exact) mass is 202 g/mol. The molecule has 2 heteroatoms. The predicted molar refractivity (Wildman–Crippen MR) is 58.7 cm³/mol. The maximum absolute atomic E-state index is 9.30. The van der Waals surface area contributed by atoms with E-state index in [1.54, 1.807) is 0 Å². The zero-order chi connectivity index (χ0) is 10.3.